The van der Waals surface area contributed by atoms with Gasteiger partial charge in [0.1, 0.15) is 4.90 Å². The van der Waals surface area contributed by atoms with Crippen molar-refractivity contribution < 1.29 is 13.2 Å². The molecule has 0 aromatic heterocycles. The highest BCUT2D eigenvalue weighted by molar-refractivity contribution is 7.89. The Labute approximate surface area is 131 Å². The SMILES string of the molecule is CCCCCN(C)C(=O)c1cc(C)c(Cl)c(S(N)(=O)=O)c1. The molecule has 1 amide bonds. The summed E-state index contributed by atoms with van der Waals surface area (Å²) in [5.41, 5.74) is 0.786. The lowest BCUT2D eigenvalue weighted by Crippen LogP contribution is -2.28. The van der Waals surface area contributed by atoms with E-state index in [1.165, 1.54) is 6.07 Å². The minimum atomic E-state index is -3.96. The van der Waals surface area contributed by atoms with Gasteiger partial charge >= 0.3 is 0 Å². The van der Waals surface area contributed by atoms with Gasteiger partial charge in [-0.05, 0) is 31.0 Å². The monoisotopic (exact) mass is 332 g/mol. The number of rotatable bonds is 6. The molecule has 0 saturated carbocycles. The maximum Gasteiger partial charge on any atom is 0.253 e. The van der Waals surface area contributed by atoms with Crippen molar-refractivity contribution in [2.24, 2.45) is 5.14 Å². The fourth-order valence-electron chi connectivity index (χ4n) is 1.99. The predicted octanol–water partition coefficient (Wildman–Crippen LogP) is 2.56. The smallest absolute Gasteiger partial charge is 0.253 e. The molecular formula is C14H21ClN2O3S. The van der Waals surface area contributed by atoms with Crippen molar-refractivity contribution in [2.45, 2.75) is 38.0 Å². The van der Waals surface area contributed by atoms with Gasteiger partial charge in [-0.15, -0.1) is 0 Å². The summed E-state index contributed by atoms with van der Waals surface area (Å²) in [4.78, 5) is 13.7. The number of carbonyl (C=O) groups is 1. The third-order valence-corrected chi connectivity index (χ3v) is 4.77. The van der Waals surface area contributed by atoms with Crippen molar-refractivity contribution in [1.29, 1.82) is 0 Å². The van der Waals surface area contributed by atoms with Crippen molar-refractivity contribution in [3.63, 3.8) is 0 Å². The van der Waals surface area contributed by atoms with Crippen LogP contribution in [0.1, 0.15) is 42.1 Å². The third kappa shape index (κ3) is 4.69. The van der Waals surface area contributed by atoms with Crippen molar-refractivity contribution in [1.82, 2.24) is 4.90 Å². The second-order valence-electron chi connectivity index (χ2n) is 5.08. The number of aryl methyl sites for hydroxylation is 1. The van der Waals surface area contributed by atoms with Crippen LogP contribution in [0.2, 0.25) is 5.02 Å². The number of carbonyl (C=O) groups excluding carboxylic acids is 1. The first kappa shape index (κ1) is 17.9. The van der Waals surface area contributed by atoms with Gasteiger partial charge in [0.15, 0.2) is 0 Å². The standard InChI is InChI=1S/C14H21ClN2O3S/c1-4-5-6-7-17(3)14(18)11-8-10(2)13(15)12(9-11)21(16,19)20/h8-9H,4-7H2,1-3H3,(H2,16,19,20). The van der Waals surface area contributed by atoms with Gasteiger partial charge in [-0.1, -0.05) is 31.4 Å². The molecule has 2 N–H and O–H groups in total. The summed E-state index contributed by atoms with van der Waals surface area (Å²) in [6.45, 7) is 4.35. The van der Waals surface area contributed by atoms with Crippen molar-refractivity contribution in [3.8, 4) is 0 Å². The predicted molar refractivity (Wildman–Crippen MR) is 84.0 cm³/mol. The second kappa shape index (κ2) is 7.24. The normalized spacial score (nSPS) is 11.5. The molecule has 0 spiro atoms. The van der Waals surface area contributed by atoms with E-state index in [0.717, 1.165) is 19.3 Å². The Bertz CT molecular complexity index is 629. The number of primary sulfonamides is 1. The molecule has 1 aromatic carbocycles. The second-order valence-corrected chi connectivity index (χ2v) is 6.99. The van der Waals surface area contributed by atoms with Crippen LogP contribution < -0.4 is 5.14 Å². The Kier molecular flexibility index (Phi) is 6.19. The molecule has 0 aliphatic carbocycles. The topological polar surface area (TPSA) is 80.5 Å². The minimum absolute atomic E-state index is 0.0580. The van der Waals surface area contributed by atoms with Crippen LogP contribution in [0.5, 0.6) is 0 Å². The summed E-state index contributed by atoms with van der Waals surface area (Å²) in [7, 11) is -2.27. The molecule has 0 unspecified atom stereocenters. The number of amides is 1. The first-order chi connectivity index (χ1) is 9.68. The maximum absolute atomic E-state index is 12.3. The van der Waals surface area contributed by atoms with Gasteiger partial charge in [0.05, 0.1) is 5.02 Å². The number of benzene rings is 1. The lowest BCUT2D eigenvalue weighted by atomic mass is 10.1. The molecule has 0 atom stereocenters. The van der Waals surface area contributed by atoms with E-state index in [1.807, 2.05) is 0 Å². The summed E-state index contributed by atoms with van der Waals surface area (Å²) in [6, 6.07) is 2.82. The average molecular weight is 333 g/mol. The number of unbranched alkanes of at least 4 members (excludes halogenated alkanes) is 2. The van der Waals surface area contributed by atoms with Gasteiger partial charge in [-0.25, -0.2) is 13.6 Å². The molecule has 5 nitrogen and oxygen atoms in total. The van der Waals surface area contributed by atoms with Gasteiger partial charge in [0, 0.05) is 19.2 Å². The van der Waals surface area contributed by atoms with E-state index >= 15 is 0 Å². The first-order valence-corrected chi connectivity index (χ1v) is 8.69. The van der Waals surface area contributed by atoms with Gasteiger partial charge < -0.3 is 4.90 Å². The van der Waals surface area contributed by atoms with Crippen LogP contribution in [-0.4, -0.2) is 32.8 Å². The number of sulfonamides is 1. The lowest BCUT2D eigenvalue weighted by molar-refractivity contribution is 0.0792. The van der Waals surface area contributed by atoms with E-state index < -0.39 is 10.0 Å². The van der Waals surface area contributed by atoms with E-state index in [2.05, 4.69) is 6.92 Å². The zero-order chi connectivity index (χ0) is 16.2. The first-order valence-electron chi connectivity index (χ1n) is 6.77. The van der Waals surface area contributed by atoms with Crippen LogP contribution in [0.3, 0.4) is 0 Å². The number of nitrogens with two attached hydrogens (primary N) is 1. The summed E-state index contributed by atoms with van der Waals surface area (Å²) in [6.07, 6.45) is 3.02. The quantitative estimate of drug-likeness (QED) is 0.813. The molecule has 0 heterocycles. The van der Waals surface area contributed by atoms with E-state index in [-0.39, 0.29) is 21.4 Å². The third-order valence-electron chi connectivity index (χ3n) is 3.22. The van der Waals surface area contributed by atoms with E-state index in [9.17, 15) is 13.2 Å². The van der Waals surface area contributed by atoms with Gasteiger partial charge in [-0.3, -0.25) is 4.79 Å². The summed E-state index contributed by atoms with van der Waals surface area (Å²) >= 11 is 5.95. The van der Waals surface area contributed by atoms with Crippen LogP contribution >= 0.6 is 11.6 Å². The Morgan fingerprint density at radius 2 is 1.95 bits per heavy atom. The maximum atomic E-state index is 12.3. The molecule has 0 radical (unpaired) electrons. The fraction of sp³-hybridized carbons (Fsp3) is 0.500. The number of nitrogens with zero attached hydrogens (tertiary/aromatic N) is 1. The average Bonchev–Trinajstić information content (AvgIpc) is 2.39. The molecule has 0 aliphatic rings. The van der Waals surface area contributed by atoms with Gasteiger partial charge in [0.25, 0.3) is 5.91 Å². The molecule has 21 heavy (non-hydrogen) atoms. The Balaban J connectivity index is 3.09. The van der Waals surface area contributed by atoms with Gasteiger partial charge in [0.2, 0.25) is 10.0 Å². The molecule has 1 aromatic rings. The molecule has 118 valence electrons. The molecule has 1 rings (SSSR count). The summed E-state index contributed by atoms with van der Waals surface area (Å²) in [5, 5.41) is 5.19. The zero-order valence-electron chi connectivity index (χ0n) is 12.5. The highest BCUT2D eigenvalue weighted by Gasteiger charge is 2.20. The highest BCUT2D eigenvalue weighted by Crippen LogP contribution is 2.26. The van der Waals surface area contributed by atoms with Crippen molar-refractivity contribution >= 4 is 27.5 Å². The van der Waals surface area contributed by atoms with Crippen molar-refractivity contribution in [2.75, 3.05) is 13.6 Å². The van der Waals surface area contributed by atoms with Crippen LogP contribution in [0.25, 0.3) is 0 Å². The van der Waals surface area contributed by atoms with E-state index in [1.54, 1.807) is 24.9 Å². The fourth-order valence-corrected chi connectivity index (χ4v) is 3.12. The molecule has 0 fully saturated rings. The Hall–Kier alpha value is -1.11. The largest absolute Gasteiger partial charge is 0.342 e. The molecule has 7 heteroatoms. The van der Waals surface area contributed by atoms with Crippen LogP contribution in [0, 0.1) is 6.92 Å². The number of hydrogen-bond donors (Lipinski definition) is 1. The number of hydrogen-bond acceptors (Lipinski definition) is 3. The molecule has 0 saturated heterocycles. The molecule has 0 aliphatic heterocycles. The van der Waals surface area contributed by atoms with Crippen LogP contribution in [0.15, 0.2) is 17.0 Å². The van der Waals surface area contributed by atoms with Crippen LogP contribution in [-0.2, 0) is 10.0 Å². The summed E-state index contributed by atoms with van der Waals surface area (Å²) < 4.78 is 23.1. The zero-order valence-corrected chi connectivity index (χ0v) is 14.1. The van der Waals surface area contributed by atoms with Crippen molar-refractivity contribution in [3.05, 3.63) is 28.3 Å². The highest BCUT2D eigenvalue weighted by atomic mass is 35.5. The molecule has 0 bridgehead atoms. The van der Waals surface area contributed by atoms with Gasteiger partial charge in [-0.2, -0.15) is 0 Å². The van der Waals surface area contributed by atoms with E-state index in [4.69, 9.17) is 16.7 Å². The molecular weight excluding hydrogens is 312 g/mol. The Morgan fingerprint density at radius 3 is 2.48 bits per heavy atom. The van der Waals surface area contributed by atoms with E-state index in [0.29, 0.717) is 12.1 Å². The number of halogens is 1. The lowest BCUT2D eigenvalue weighted by Gasteiger charge is -2.18. The minimum Gasteiger partial charge on any atom is -0.342 e. The Morgan fingerprint density at radius 1 is 1.33 bits per heavy atom. The van der Waals surface area contributed by atoms with Crippen LogP contribution in [0.4, 0.5) is 0 Å². The summed E-state index contributed by atoms with van der Waals surface area (Å²) in [5.74, 6) is -0.240.